The van der Waals surface area contributed by atoms with E-state index in [0.717, 1.165) is 11.1 Å². The Bertz CT molecular complexity index is 643. The van der Waals surface area contributed by atoms with Crippen LogP contribution in [0.15, 0.2) is 35.3 Å². The van der Waals surface area contributed by atoms with Gasteiger partial charge in [-0.2, -0.15) is 0 Å². The largest absolute Gasteiger partial charge is 0.224 e. The molecular formula is C13H11Cl2O2S. The summed E-state index contributed by atoms with van der Waals surface area (Å²) in [6.45, 7) is 0. The van der Waals surface area contributed by atoms with Gasteiger partial charge in [0.25, 0.3) is 0 Å². The molecular weight excluding hydrogens is 291 g/mol. The second-order valence-electron chi connectivity index (χ2n) is 4.05. The molecule has 0 spiro atoms. The zero-order valence-electron chi connectivity index (χ0n) is 9.65. The molecule has 2 rings (SSSR count). The van der Waals surface area contributed by atoms with Gasteiger partial charge in [-0.1, -0.05) is 35.3 Å². The van der Waals surface area contributed by atoms with Crippen LogP contribution in [0.1, 0.15) is 12.0 Å². The molecule has 0 saturated heterocycles. The minimum Gasteiger partial charge on any atom is -0.224 e. The first-order chi connectivity index (χ1) is 8.38. The molecule has 1 radical (unpaired) electrons. The summed E-state index contributed by atoms with van der Waals surface area (Å²) in [7, 11) is -3.18. The van der Waals surface area contributed by atoms with E-state index in [4.69, 9.17) is 23.2 Å². The second kappa shape index (κ2) is 5.08. The van der Waals surface area contributed by atoms with Gasteiger partial charge in [0.05, 0.1) is 15.0 Å². The van der Waals surface area contributed by atoms with Crippen molar-refractivity contribution < 1.29 is 8.42 Å². The van der Waals surface area contributed by atoms with Crippen LogP contribution in [0.25, 0.3) is 5.57 Å². The summed E-state index contributed by atoms with van der Waals surface area (Å²) in [6.07, 6.45) is 7.09. The fraction of sp³-hybridized carbons (Fsp3) is 0.154. The normalized spacial score (nSPS) is 16.2. The molecule has 0 bridgehead atoms. The van der Waals surface area contributed by atoms with Crippen LogP contribution in [-0.2, 0) is 9.84 Å². The van der Waals surface area contributed by atoms with Crippen molar-refractivity contribution in [2.24, 2.45) is 0 Å². The van der Waals surface area contributed by atoms with E-state index in [2.05, 4.69) is 0 Å². The minimum atomic E-state index is -3.18. The van der Waals surface area contributed by atoms with Crippen molar-refractivity contribution in [1.82, 2.24) is 0 Å². The van der Waals surface area contributed by atoms with Gasteiger partial charge < -0.3 is 0 Å². The first-order valence-corrected chi connectivity index (χ1v) is 7.93. The molecule has 2 nitrogen and oxygen atoms in total. The lowest BCUT2D eigenvalue weighted by Crippen LogP contribution is -2.03. The van der Waals surface area contributed by atoms with Crippen LogP contribution >= 0.6 is 23.2 Å². The first kappa shape index (κ1) is 13.7. The maximum Gasteiger partial charge on any atom is 0.175 e. The Morgan fingerprint density at radius 3 is 2.50 bits per heavy atom. The van der Waals surface area contributed by atoms with E-state index in [-0.39, 0.29) is 0 Å². The molecule has 0 aliphatic heterocycles. The number of rotatable bonds is 2. The topological polar surface area (TPSA) is 34.1 Å². The maximum absolute atomic E-state index is 11.5. The quantitative estimate of drug-likeness (QED) is 0.830. The lowest BCUT2D eigenvalue weighted by atomic mass is 9.97. The SMILES string of the molecule is CS(=O)(=O)C1=CC[CH]C(c2ccc(Cl)c(Cl)c2)=C1. The highest BCUT2D eigenvalue weighted by molar-refractivity contribution is 7.94. The molecule has 1 aliphatic carbocycles. The fourth-order valence-corrected chi connectivity index (χ4v) is 2.75. The standard InChI is InChI=1S/C13H11Cl2O2S/c1-18(16,17)11-4-2-3-9(7-11)10-5-6-12(14)13(15)8-10/h3-8H,2H2,1H3. The van der Waals surface area contributed by atoms with Gasteiger partial charge in [-0.25, -0.2) is 8.42 Å². The average molecular weight is 302 g/mol. The van der Waals surface area contributed by atoms with Crippen LogP contribution < -0.4 is 0 Å². The van der Waals surface area contributed by atoms with Gasteiger partial charge in [-0.05, 0) is 42.2 Å². The average Bonchev–Trinajstić information content (AvgIpc) is 2.32. The van der Waals surface area contributed by atoms with Crippen LogP contribution in [0.5, 0.6) is 0 Å². The van der Waals surface area contributed by atoms with Gasteiger partial charge in [0.1, 0.15) is 0 Å². The third kappa shape index (κ3) is 2.97. The molecule has 0 atom stereocenters. The van der Waals surface area contributed by atoms with Crippen LogP contribution in [0.2, 0.25) is 10.0 Å². The molecule has 95 valence electrons. The zero-order valence-corrected chi connectivity index (χ0v) is 12.0. The zero-order chi connectivity index (χ0) is 13.3. The Morgan fingerprint density at radius 2 is 1.89 bits per heavy atom. The van der Waals surface area contributed by atoms with Crippen molar-refractivity contribution in [2.75, 3.05) is 6.26 Å². The predicted octanol–water partition coefficient (Wildman–Crippen LogP) is 3.91. The molecule has 0 fully saturated rings. The Morgan fingerprint density at radius 1 is 1.17 bits per heavy atom. The van der Waals surface area contributed by atoms with E-state index in [1.165, 1.54) is 6.26 Å². The predicted molar refractivity (Wildman–Crippen MR) is 76.3 cm³/mol. The Labute approximate surface area is 117 Å². The van der Waals surface area contributed by atoms with E-state index in [9.17, 15) is 8.42 Å². The molecule has 1 aromatic rings. The van der Waals surface area contributed by atoms with Gasteiger partial charge in [0.2, 0.25) is 0 Å². The number of benzene rings is 1. The highest BCUT2D eigenvalue weighted by Crippen LogP contribution is 2.31. The van der Waals surface area contributed by atoms with E-state index in [1.54, 1.807) is 24.3 Å². The lowest BCUT2D eigenvalue weighted by Gasteiger charge is -2.13. The summed E-state index contributed by atoms with van der Waals surface area (Å²) >= 11 is 11.8. The van der Waals surface area contributed by atoms with Gasteiger partial charge >= 0.3 is 0 Å². The van der Waals surface area contributed by atoms with Crippen molar-refractivity contribution in [1.29, 1.82) is 0 Å². The minimum absolute atomic E-state index is 0.339. The van der Waals surface area contributed by atoms with Crippen molar-refractivity contribution in [3.05, 3.63) is 57.3 Å². The van der Waals surface area contributed by atoms with Gasteiger partial charge in [-0.3, -0.25) is 0 Å². The summed E-state index contributed by atoms with van der Waals surface area (Å²) in [4.78, 5) is 0.339. The summed E-state index contributed by atoms with van der Waals surface area (Å²) in [5.41, 5.74) is 1.70. The van der Waals surface area contributed by atoms with Crippen molar-refractivity contribution in [3.8, 4) is 0 Å². The molecule has 0 heterocycles. The maximum atomic E-state index is 11.5. The number of hydrogen-bond acceptors (Lipinski definition) is 2. The summed E-state index contributed by atoms with van der Waals surface area (Å²) in [5.74, 6) is 0. The van der Waals surface area contributed by atoms with Crippen molar-refractivity contribution in [2.45, 2.75) is 6.42 Å². The smallest absolute Gasteiger partial charge is 0.175 e. The molecule has 18 heavy (non-hydrogen) atoms. The van der Waals surface area contributed by atoms with Gasteiger partial charge in [0.15, 0.2) is 9.84 Å². The summed E-state index contributed by atoms with van der Waals surface area (Å²) in [6, 6.07) is 5.26. The number of sulfone groups is 1. The summed E-state index contributed by atoms with van der Waals surface area (Å²) < 4.78 is 23.0. The second-order valence-corrected chi connectivity index (χ2v) is 6.88. The fourth-order valence-electron chi connectivity index (χ4n) is 1.71. The molecule has 1 aliphatic rings. The molecule has 0 N–H and O–H groups in total. The van der Waals surface area contributed by atoms with Crippen molar-refractivity contribution >= 4 is 38.6 Å². The highest BCUT2D eigenvalue weighted by Gasteiger charge is 2.15. The number of halogens is 2. The first-order valence-electron chi connectivity index (χ1n) is 5.28. The van der Waals surface area contributed by atoms with Crippen LogP contribution in [0.3, 0.4) is 0 Å². The molecule has 0 saturated carbocycles. The van der Waals surface area contributed by atoms with E-state index >= 15 is 0 Å². The number of hydrogen-bond donors (Lipinski definition) is 0. The van der Waals surface area contributed by atoms with Crippen LogP contribution in [0.4, 0.5) is 0 Å². The van der Waals surface area contributed by atoms with Gasteiger partial charge in [-0.15, -0.1) is 0 Å². The van der Waals surface area contributed by atoms with E-state index < -0.39 is 9.84 Å². The Hall–Kier alpha value is -0.770. The van der Waals surface area contributed by atoms with Crippen molar-refractivity contribution in [3.63, 3.8) is 0 Å². The number of allylic oxidation sites excluding steroid dienone is 3. The van der Waals surface area contributed by atoms with Crippen LogP contribution in [0, 0.1) is 6.42 Å². The molecule has 0 amide bonds. The van der Waals surface area contributed by atoms with Gasteiger partial charge in [0, 0.05) is 6.26 Å². The lowest BCUT2D eigenvalue weighted by molar-refractivity contribution is 0.608. The summed E-state index contributed by atoms with van der Waals surface area (Å²) in [5, 5.41) is 0.939. The van der Waals surface area contributed by atoms with E-state index in [0.29, 0.717) is 21.4 Å². The molecule has 0 unspecified atom stereocenters. The molecule has 0 aromatic heterocycles. The molecule has 1 aromatic carbocycles. The highest BCUT2D eigenvalue weighted by atomic mass is 35.5. The Kier molecular flexibility index (Phi) is 3.85. The third-order valence-corrected chi connectivity index (χ3v) is 4.52. The Balaban J connectivity index is 2.43. The molecule has 5 heteroatoms. The van der Waals surface area contributed by atoms with E-state index in [1.807, 2.05) is 12.5 Å². The monoisotopic (exact) mass is 301 g/mol. The third-order valence-electron chi connectivity index (χ3n) is 2.64. The van der Waals surface area contributed by atoms with Crippen LogP contribution in [-0.4, -0.2) is 14.7 Å².